The first-order chi connectivity index (χ1) is 9.59. The Labute approximate surface area is 126 Å². The molecule has 3 nitrogen and oxygen atoms in total. The van der Waals surface area contributed by atoms with Gasteiger partial charge < -0.3 is 5.32 Å². The van der Waals surface area contributed by atoms with Crippen LogP contribution in [0.4, 0.5) is 5.69 Å². The lowest BCUT2D eigenvalue weighted by atomic mass is 10.1. The van der Waals surface area contributed by atoms with E-state index < -0.39 is 17.1 Å². The van der Waals surface area contributed by atoms with Crippen LogP contribution in [0.25, 0.3) is 0 Å². The van der Waals surface area contributed by atoms with Crippen molar-refractivity contribution >= 4 is 40.6 Å². The molecule has 20 heavy (non-hydrogen) atoms. The molecule has 0 spiro atoms. The lowest BCUT2D eigenvalue weighted by Gasteiger charge is -2.10. The van der Waals surface area contributed by atoms with E-state index in [1.807, 2.05) is 0 Å². The van der Waals surface area contributed by atoms with Crippen molar-refractivity contribution in [2.75, 3.05) is 5.32 Å². The number of hydrogen-bond acceptors (Lipinski definition) is 2. The molecule has 0 fully saturated rings. The molecule has 2 aromatic rings. The molecule has 0 aliphatic carbocycles. The topological polar surface area (TPSA) is 46.2 Å². The highest BCUT2D eigenvalue weighted by Crippen LogP contribution is 2.21. The van der Waals surface area contributed by atoms with Crippen LogP contribution >= 0.6 is 23.2 Å². The van der Waals surface area contributed by atoms with Gasteiger partial charge in [-0.2, -0.15) is 0 Å². The molecule has 0 unspecified atom stereocenters. The number of alkyl halides is 1. The number of halogens is 2. The summed E-state index contributed by atoms with van der Waals surface area (Å²) in [5.74, 6) is -1.05. The number of amides is 1. The third-order valence-electron chi connectivity index (χ3n) is 2.65. The summed E-state index contributed by atoms with van der Waals surface area (Å²) < 4.78 is 0. The van der Waals surface area contributed by atoms with Crippen LogP contribution in [0, 0.1) is 0 Å². The van der Waals surface area contributed by atoms with Gasteiger partial charge in [0.05, 0.1) is 10.7 Å². The van der Waals surface area contributed by atoms with Crippen molar-refractivity contribution in [2.24, 2.45) is 0 Å². The Morgan fingerprint density at radius 2 is 1.55 bits per heavy atom. The maximum absolute atomic E-state index is 12.0. The Morgan fingerprint density at radius 3 is 2.20 bits per heavy atom. The number of carbonyl (C=O) groups is 2. The van der Waals surface area contributed by atoms with Gasteiger partial charge in [0.15, 0.2) is 11.2 Å². The van der Waals surface area contributed by atoms with Gasteiger partial charge in [0.2, 0.25) is 5.91 Å². The average molecular weight is 308 g/mol. The average Bonchev–Trinajstić information content (AvgIpc) is 2.49. The van der Waals surface area contributed by atoms with Gasteiger partial charge in [0.25, 0.3) is 0 Å². The number of benzene rings is 2. The first-order valence-corrected chi connectivity index (χ1v) is 6.70. The molecule has 0 aliphatic heterocycles. The third-order valence-corrected chi connectivity index (χ3v) is 3.38. The molecule has 0 bridgehead atoms. The number of carbonyl (C=O) groups excluding carboxylic acids is 2. The van der Waals surface area contributed by atoms with Gasteiger partial charge in [0.1, 0.15) is 0 Å². The minimum atomic E-state index is -1.30. The summed E-state index contributed by atoms with van der Waals surface area (Å²) in [7, 11) is 0. The highest BCUT2D eigenvalue weighted by molar-refractivity contribution is 6.45. The lowest BCUT2D eigenvalue weighted by molar-refractivity contribution is -0.115. The van der Waals surface area contributed by atoms with E-state index in [4.69, 9.17) is 23.2 Å². The van der Waals surface area contributed by atoms with E-state index in [0.29, 0.717) is 16.3 Å². The van der Waals surface area contributed by atoms with E-state index in [1.165, 1.54) is 0 Å². The fourth-order valence-electron chi connectivity index (χ4n) is 1.63. The quantitative estimate of drug-likeness (QED) is 0.531. The van der Waals surface area contributed by atoms with Gasteiger partial charge in [-0.15, -0.1) is 11.6 Å². The van der Waals surface area contributed by atoms with Crippen LogP contribution in [0.5, 0.6) is 0 Å². The summed E-state index contributed by atoms with van der Waals surface area (Å²) in [5, 5.41) is 1.63. The Bertz CT molecular complexity index is 629. The smallest absolute Gasteiger partial charge is 0.250 e. The maximum Gasteiger partial charge on any atom is 0.250 e. The fraction of sp³-hybridized carbons (Fsp3) is 0.0667. The van der Waals surface area contributed by atoms with Crippen molar-refractivity contribution in [2.45, 2.75) is 5.38 Å². The van der Waals surface area contributed by atoms with E-state index in [0.717, 1.165) is 0 Å². The predicted molar refractivity (Wildman–Crippen MR) is 80.5 cm³/mol. The Balaban J connectivity index is 2.10. The second kappa shape index (κ2) is 6.55. The van der Waals surface area contributed by atoms with Gasteiger partial charge in [0, 0.05) is 5.56 Å². The molecule has 1 atom stereocenters. The maximum atomic E-state index is 12.0. The molecular weight excluding hydrogens is 297 g/mol. The third kappa shape index (κ3) is 3.38. The zero-order chi connectivity index (χ0) is 14.5. The first kappa shape index (κ1) is 14.6. The zero-order valence-electron chi connectivity index (χ0n) is 10.3. The van der Waals surface area contributed by atoms with Crippen LogP contribution in [0.15, 0.2) is 54.6 Å². The zero-order valence-corrected chi connectivity index (χ0v) is 11.9. The van der Waals surface area contributed by atoms with Crippen LogP contribution in [0.2, 0.25) is 5.02 Å². The minimum absolute atomic E-state index is 0.386. The van der Waals surface area contributed by atoms with Crippen molar-refractivity contribution in [3.8, 4) is 0 Å². The second-order valence-corrected chi connectivity index (χ2v) is 4.91. The lowest BCUT2D eigenvalue weighted by Crippen LogP contribution is -2.30. The molecule has 0 heterocycles. The highest BCUT2D eigenvalue weighted by Gasteiger charge is 2.25. The second-order valence-electron chi connectivity index (χ2n) is 4.06. The molecule has 0 aromatic heterocycles. The SMILES string of the molecule is O=C(Nc1ccccc1Cl)[C@H](Cl)C(=O)c1ccccc1. The molecule has 5 heteroatoms. The molecular formula is C15H11Cl2NO2. The fourth-order valence-corrected chi connectivity index (χ4v) is 1.99. The van der Waals surface area contributed by atoms with Crippen molar-refractivity contribution in [1.82, 2.24) is 0 Å². The van der Waals surface area contributed by atoms with Crippen molar-refractivity contribution < 1.29 is 9.59 Å². The van der Waals surface area contributed by atoms with Crippen molar-refractivity contribution in [3.05, 3.63) is 65.2 Å². The van der Waals surface area contributed by atoms with E-state index in [2.05, 4.69) is 5.32 Å². The molecule has 0 saturated heterocycles. The number of Topliss-reactive ketones (excluding diaryl/α,β-unsaturated/α-hetero) is 1. The van der Waals surface area contributed by atoms with E-state index in [-0.39, 0.29) is 0 Å². The predicted octanol–water partition coefficient (Wildman–Crippen LogP) is 3.77. The number of ketones is 1. The van der Waals surface area contributed by atoms with Gasteiger partial charge in [-0.05, 0) is 12.1 Å². The van der Waals surface area contributed by atoms with E-state index >= 15 is 0 Å². The molecule has 0 radical (unpaired) electrons. The molecule has 0 aliphatic rings. The normalized spacial score (nSPS) is 11.7. The Kier molecular flexibility index (Phi) is 4.77. The monoisotopic (exact) mass is 307 g/mol. The molecule has 1 amide bonds. The minimum Gasteiger partial charge on any atom is -0.323 e. The van der Waals surface area contributed by atoms with Gasteiger partial charge in [-0.3, -0.25) is 9.59 Å². The van der Waals surface area contributed by atoms with Gasteiger partial charge in [-0.1, -0.05) is 54.1 Å². The summed E-state index contributed by atoms with van der Waals surface area (Å²) in [6.07, 6.45) is 0. The first-order valence-electron chi connectivity index (χ1n) is 5.88. The number of rotatable bonds is 4. The summed E-state index contributed by atoms with van der Waals surface area (Å²) in [6, 6.07) is 15.2. The number of hydrogen-bond donors (Lipinski definition) is 1. The molecule has 0 saturated carbocycles. The van der Waals surface area contributed by atoms with Crippen LogP contribution in [-0.4, -0.2) is 17.1 Å². The summed E-state index contributed by atoms with van der Waals surface area (Å²) in [6.45, 7) is 0. The summed E-state index contributed by atoms with van der Waals surface area (Å²) >= 11 is 11.8. The highest BCUT2D eigenvalue weighted by atomic mass is 35.5. The van der Waals surface area contributed by atoms with Crippen LogP contribution < -0.4 is 5.32 Å². The molecule has 2 rings (SSSR count). The standard InChI is InChI=1S/C15H11Cl2NO2/c16-11-8-4-5-9-12(11)18-15(20)13(17)14(19)10-6-2-1-3-7-10/h1-9,13H,(H,18,20)/t13-/m1/s1. The molecule has 1 N–H and O–H groups in total. The number of para-hydroxylation sites is 1. The summed E-state index contributed by atoms with van der Waals surface area (Å²) in [5.41, 5.74) is 0.812. The van der Waals surface area contributed by atoms with Gasteiger partial charge >= 0.3 is 0 Å². The van der Waals surface area contributed by atoms with Gasteiger partial charge in [-0.25, -0.2) is 0 Å². The van der Waals surface area contributed by atoms with Crippen LogP contribution in [-0.2, 0) is 4.79 Å². The van der Waals surface area contributed by atoms with Crippen molar-refractivity contribution in [3.63, 3.8) is 0 Å². The van der Waals surface area contributed by atoms with E-state index in [9.17, 15) is 9.59 Å². The number of anilines is 1. The van der Waals surface area contributed by atoms with Crippen LogP contribution in [0.1, 0.15) is 10.4 Å². The number of nitrogens with one attached hydrogen (secondary N) is 1. The molecule has 102 valence electrons. The Hall–Kier alpha value is -1.84. The van der Waals surface area contributed by atoms with Crippen LogP contribution in [0.3, 0.4) is 0 Å². The van der Waals surface area contributed by atoms with Crippen molar-refractivity contribution in [1.29, 1.82) is 0 Å². The molecule has 2 aromatic carbocycles. The Morgan fingerprint density at radius 1 is 0.950 bits per heavy atom. The summed E-state index contributed by atoms with van der Waals surface area (Å²) in [4.78, 5) is 24.0. The largest absolute Gasteiger partial charge is 0.323 e. The van der Waals surface area contributed by atoms with E-state index in [1.54, 1.807) is 54.6 Å².